The first kappa shape index (κ1) is 23.4. The van der Waals surface area contributed by atoms with Gasteiger partial charge in [-0.25, -0.2) is 0 Å². The molecule has 1 unspecified atom stereocenters. The van der Waals surface area contributed by atoms with E-state index in [9.17, 15) is 9.90 Å². The van der Waals surface area contributed by atoms with Crippen LogP contribution in [-0.2, 0) is 9.53 Å². The molecule has 0 amide bonds. The Bertz CT molecular complexity index is 266. The second-order valence-electron chi connectivity index (χ2n) is 7.15. The van der Waals surface area contributed by atoms with Gasteiger partial charge in [0.1, 0.15) is 0 Å². The van der Waals surface area contributed by atoms with Gasteiger partial charge in [-0.3, -0.25) is 4.79 Å². The molecule has 0 heterocycles. The number of methoxy groups -OCH3 is 1. The van der Waals surface area contributed by atoms with Crippen molar-refractivity contribution in [1.29, 1.82) is 0 Å². The van der Waals surface area contributed by atoms with Crippen molar-refractivity contribution in [2.24, 2.45) is 0 Å². The first-order valence-corrected chi connectivity index (χ1v) is 10.5. The van der Waals surface area contributed by atoms with Gasteiger partial charge in [-0.1, -0.05) is 90.4 Å². The number of esters is 1. The predicted molar refractivity (Wildman–Crippen MR) is 102 cm³/mol. The first-order chi connectivity index (χ1) is 11.7. The van der Waals surface area contributed by atoms with Gasteiger partial charge in [-0.05, 0) is 19.3 Å². The highest BCUT2D eigenvalue weighted by Crippen LogP contribution is 2.14. The molecule has 144 valence electrons. The monoisotopic (exact) mass is 342 g/mol. The van der Waals surface area contributed by atoms with Crippen molar-refractivity contribution in [3.05, 3.63) is 0 Å². The topological polar surface area (TPSA) is 46.5 Å². The summed E-state index contributed by atoms with van der Waals surface area (Å²) in [7, 11) is 1.45. The van der Waals surface area contributed by atoms with Crippen molar-refractivity contribution in [2.75, 3.05) is 7.11 Å². The Morgan fingerprint density at radius 2 is 1.17 bits per heavy atom. The lowest BCUT2D eigenvalue weighted by molar-refractivity contribution is -0.140. The largest absolute Gasteiger partial charge is 0.469 e. The van der Waals surface area contributed by atoms with Crippen LogP contribution in [0, 0.1) is 0 Å². The molecule has 0 aliphatic rings. The van der Waals surface area contributed by atoms with Gasteiger partial charge >= 0.3 is 5.97 Å². The number of unbranched alkanes of at least 4 members (excludes halogenated alkanes) is 12. The minimum Gasteiger partial charge on any atom is -0.469 e. The second-order valence-corrected chi connectivity index (χ2v) is 7.15. The summed E-state index contributed by atoms with van der Waals surface area (Å²) in [6.07, 6.45) is 19.9. The van der Waals surface area contributed by atoms with Gasteiger partial charge in [0.2, 0.25) is 0 Å². The SMILES string of the molecule is CCCCCCCC(O)CCCCCCCCCCCC(=O)OC. The number of aliphatic hydroxyl groups is 1. The molecule has 0 aromatic heterocycles. The van der Waals surface area contributed by atoms with Crippen LogP contribution in [0.3, 0.4) is 0 Å². The third-order valence-electron chi connectivity index (χ3n) is 4.79. The summed E-state index contributed by atoms with van der Waals surface area (Å²) in [5.41, 5.74) is 0. The molecule has 1 atom stereocenters. The molecular weight excluding hydrogens is 300 g/mol. The molecule has 0 radical (unpaired) electrons. The van der Waals surface area contributed by atoms with E-state index in [2.05, 4.69) is 11.7 Å². The van der Waals surface area contributed by atoms with Gasteiger partial charge in [-0.2, -0.15) is 0 Å². The lowest BCUT2D eigenvalue weighted by Gasteiger charge is -2.10. The van der Waals surface area contributed by atoms with Crippen molar-refractivity contribution in [3.8, 4) is 0 Å². The van der Waals surface area contributed by atoms with E-state index in [1.165, 1.54) is 84.2 Å². The zero-order valence-electron chi connectivity index (χ0n) is 16.4. The quantitative estimate of drug-likeness (QED) is 0.239. The average molecular weight is 343 g/mol. The van der Waals surface area contributed by atoms with Crippen LogP contribution in [-0.4, -0.2) is 24.3 Å². The van der Waals surface area contributed by atoms with E-state index in [1.807, 2.05) is 0 Å². The highest BCUT2D eigenvalue weighted by Gasteiger charge is 2.03. The summed E-state index contributed by atoms with van der Waals surface area (Å²) >= 11 is 0. The van der Waals surface area contributed by atoms with Crippen molar-refractivity contribution in [3.63, 3.8) is 0 Å². The van der Waals surface area contributed by atoms with Gasteiger partial charge in [-0.15, -0.1) is 0 Å². The van der Waals surface area contributed by atoms with E-state index >= 15 is 0 Å². The third kappa shape index (κ3) is 17.8. The zero-order valence-corrected chi connectivity index (χ0v) is 16.4. The number of aliphatic hydroxyl groups excluding tert-OH is 1. The molecule has 24 heavy (non-hydrogen) atoms. The van der Waals surface area contributed by atoms with Gasteiger partial charge < -0.3 is 9.84 Å². The Morgan fingerprint density at radius 1 is 0.750 bits per heavy atom. The normalized spacial score (nSPS) is 12.3. The second kappa shape index (κ2) is 18.8. The lowest BCUT2D eigenvalue weighted by atomic mass is 10.0. The smallest absolute Gasteiger partial charge is 0.305 e. The van der Waals surface area contributed by atoms with Crippen LogP contribution in [0.25, 0.3) is 0 Å². The lowest BCUT2D eigenvalue weighted by Crippen LogP contribution is -2.05. The maximum Gasteiger partial charge on any atom is 0.305 e. The van der Waals surface area contributed by atoms with Crippen LogP contribution < -0.4 is 0 Å². The van der Waals surface area contributed by atoms with E-state index in [1.54, 1.807) is 0 Å². The summed E-state index contributed by atoms with van der Waals surface area (Å²) < 4.78 is 4.63. The fraction of sp³-hybridized carbons (Fsp3) is 0.952. The minimum absolute atomic E-state index is 0.0681. The number of carbonyl (C=O) groups is 1. The summed E-state index contributed by atoms with van der Waals surface area (Å²) in [4.78, 5) is 11.0. The maximum absolute atomic E-state index is 11.0. The van der Waals surface area contributed by atoms with Crippen LogP contribution in [0.1, 0.15) is 116 Å². The minimum atomic E-state index is -0.0850. The molecule has 0 aromatic rings. The predicted octanol–water partition coefficient (Wildman–Crippen LogP) is 6.17. The zero-order chi connectivity index (χ0) is 17.9. The van der Waals surface area contributed by atoms with Crippen molar-refractivity contribution in [2.45, 2.75) is 122 Å². The standard InChI is InChI=1S/C21H42O3/c1-3-4-5-11-14-17-20(22)18-15-12-9-7-6-8-10-13-16-19-21(23)24-2/h20,22H,3-19H2,1-2H3. The van der Waals surface area contributed by atoms with Crippen LogP contribution in [0.5, 0.6) is 0 Å². The molecule has 0 aromatic carbocycles. The average Bonchev–Trinajstić information content (AvgIpc) is 2.59. The van der Waals surface area contributed by atoms with Gasteiger partial charge in [0.15, 0.2) is 0 Å². The van der Waals surface area contributed by atoms with E-state index in [0.29, 0.717) is 6.42 Å². The van der Waals surface area contributed by atoms with Crippen LogP contribution in [0.4, 0.5) is 0 Å². The summed E-state index contributed by atoms with van der Waals surface area (Å²) in [6, 6.07) is 0. The molecule has 0 aliphatic heterocycles. The van der Waals surface area contributed by atoms with E-state index in [-0.39, 0.29) is 12.1 Å². The van der Waals surface area contributed by atoms with Crippen LogP contribution >= 0.6 is 0 Å². The highest BCUT2D eigenvalue weighted by molar-refractivity contribution is 5.68. The molecule has 1 N–H and O–H groups in total. The molecule has 0 saturated carbocycles. The Hall–Kier alpha value is -0.570. The van der Waals surface area contributed by atoms with E-state index in [4.69, 9.17) is 0 Å². The Labute approximate surface area is 150 Å². The number of hydrogen-bond acceptors (Lipinski definition) is 3. The summed E-state index contributed by atoms with van der Waals surface area (Å²) in [6.45, 7) is 2.24. The summed E-state index contributed by atoms with van der Waals surface area (Å²) in [5.74, 6) is -0.0850. The molecule has 0 bridgehead atoms. The van der Waals surface area contributed by atoms with Crippen molar-refractivity contribution in [1.82, 2.24) is 0 Å². The fourth-order valence-corrected chi connectivity index (χ4v) is 3.12. The summed E-state index contributed by atoms with van der Waals surface area (Å²) in [5, 5.41) is 9.95. The van der Waals surface area contributed by atoms with Gasteiger partial charge in [0, 0.05) is 6.42 Å². The van der Waals surface area contributed by atoms with Gasteiger partial charge in [0.25, 0.3) is 0 Å². The fourth-order valence-electron chi connectivity index (χ4n) is 3.12. The van der Waals surface area contributed by atoms with E-state index < -0.39 is 0 Å². The first-order valence-electron chi connectivity index (χ1n) is 10.5. The Morgan fingerprint density at radius 3 is 1.62 bits per heavy atom. The molecule has 0 spiro atoms. The number of hydrogen-bond donors (Lipinski definition) is 1. The number of carbonyl (C=O) groups excluding carboxylic acids is 1. The van der Waals surface area contributed by atoms with Crippen molar-refractivity contribution < 1.29 is 14.6 Å². The Kier molecular flexibility index (Phi) is 18.3. The number of ether oxygens (including phenoxy) is 1. The van der Waals surface area contributed by atoms with Crippen LogP contribution in [0.2, 0.25) is 0 Å². The Balaban J connectivity index is 3.15. The van der Waals surface area contributed by atoms with Crippen molar-refractivity contribution >= 4 is 5.97 Å². The highest BCUT2D eigenvalue weighted by atomic mass is 16.5. The van der Waals surface area contributed by atoms with E-state index in [0.717, 1.165) is 25.7 Å². The molecule has 0 aliphatic carbocycles. The van der Waals surface area contributed by atoms with Crippen LogP contribution in [0.15, 0.2) is 0 Å². The third-order valence-corrected chi connectivity index (χ3v) is 4.79. The molecule has 0 saturated heterocycles. The molecule has 0 fully saturated rings. The molecule has 3 heteroatoms. The maximum atomic E-state index is 11.0. The van der Waals surface area contributed by atoms with Gasteiger partial charge in [0.05, 0.1) is 13.2 Å². The molecular formula is C21H42O3. The molecule has 0 rings (SSSR count). The number of rotatable bonds is 18. The molecule has 3 nitrogen and oxygen atoms in total.